The maximum Gasteiger partial charge on any atom is 0.114 e. The fourth-order valence-electron chi connectivity index (χ4n) is 2.51. The van der Waals surface area contributed by atoms with E-state index in [9.17, 15) is 4.39 Å². The van der Waals surface area contributed by atoms with E-state index >= 15 is 0 Å². The molecular weight excluding hydrogens is 177 g/mol. The van der Waals surface area contributed by atoms with Gasteiger partial charge in [-0.15, -0.1) is 0 Å². The molecule has 0 aromatic carbocycles. The van der Waals surface area contributed by atoms with Crippen molar-refractivity contribution in [3.05, 3.63) is 0 Å². The molecule has 1 rings (SSSR count). The zero-order valence-corrected chi connectivity index (χ0v) is 9.99. The molecule has 0 aromatic heterocycles. The smallest absolute Gasteiger partial charge is 0.114 e. The van der Waals surface area contributed by atoms with Gasteiger partial charge in [-0.25, -0.2) is 4.39 Å². The molecule has 0 bridgehead atoms. The Morgan fingerprint density at radius 1 is 1.43 bits per heavy atom. The first kappa shape index (κ1) is 12.0. The third-order valence-electron chi connectivity index (χ3n) is 3.35. The molecule has 0 spiro atoms. The van der Waals surface area contributed by atoms with Gasteiger partial charge in [0.2, 0.25) is 0 Å². The van der Waals surface area contributed by atoms with Crippen molar-refractivity contribution in [3.8, 4) is 0 Å². The average Bonchev–Trinajstić information content (AvgIpc) is 2.00. The van der Waals surface area contributed by atoms with E-state index in [-0.39, 0.29) is 5.54 Å². The van der Waals surface area contributed by atoms with Gasteiger partial charge in [0.05, 0.1) is 0 Å². The summed E-state index contributed by atoms with van der Waals surface area (Å²) in [5, 5.41) is 3.36. The van der Waals surface area contributed by atoms with Crippen LogP contribution in [0.2, 0.25) is 0 Å². The van der Waals surface area contributed by atoms with E-state index in [2.05, 4.69) is 33.0 Å². The highest BCUT2D eigenvalue weighted by Gasteiger charge is 2.40. The summed E-state index contributed by atoms with van der Waals surface area (Å²) < 4.78 is 14.5. The molecule has 0 amide bonds. The van der Waals surface area contributed by atoms with Crippen molar-refractivity contribution in [2.45, 2.75) is 64.6 Å². The lowest BCUT2D eigenvalue weighted by Gasteiger charge is -2.41. The van der Waals surface area contributed by atoms with Crippen LogP contribution in [0.1, 0.15) is 53.4 Å². The van der Waals surface area contributed by atoms with Gasteiger partial charge < -0.3 is 5.32 Å². The third kappa shape index (κ3) is 3.23. The average molecular weight is 201 g/mol. The standard InChI is InChI=1S/C12H24FN/c1-5-10(2)8-12(13)6-7-14-11(3,4)9-12/h10,14H,5-9H2,1-4H3. The molecule has 1 saturated heterocycles. The minimum absolute atomic E-state index is 0.0273. The molecule has 84 valence electrons. The fourth-order valence-corrected chi connectivity index (χ4v) is 2.51. The molecule has 2 heteroatoms. The summed E-state index contributed by atoms with van der Waals surface area (Å²) in [6.45, 7) is 9.30. The van der Waals surface area contributed by atoms with Gasteiger partial charge in [0.1, 0.15) is 5.67 Å². The van der Waals surface area contributed by atoms with Crippen LogP contribution < -0.4 is 5.32 Å². The van der Waals surface area contributed by atoms with E-state index in [1.807, 2.05) is 0 Å². The Balaban J connectivity index is 2.55. The van der Waals surface area contributed by atoms with Gasteiger partial charge in [-0.05, 0) is 45.6 Å². The van der Waals surface area contributed by atoms with E-state index in [1.54, 1.807) is 0 Å². The van der Waals surface area contributed by atoms with Crippen LogP contribution in [0.25, 0.3) is 0 Å². The summed E-state index contributed by atoms with van der Waals surface area (Å²) in [4.78, 5) is 0. The first-order chi connectivity index (χ1) is 6.37. The van der Waals surface area contributed by atoms with Crippen LogP contribution in [-0.2, 0) is 0 Å². The van der Waals surface area contributed by atoms with Crippen LogP contribution >= 0.6 is 0 Å². The molecule has 0 radical (unpaired) electrons. The number of piperidine rings is 1. The van der Waals surface area contributed by atoms with Crippen molar-refractivity contribution in [1.82, 2.24) is 5.32 Å². The van der Waals surface area contributed by atoms with Crippen molar-refractivity contribution in [1.29, 1.82) is 0 Å². The lowest BCUT2D eigenvalue weighted by molar-refractivity contribution is 0.0426. The Kier molecular flexibility index (Phi) is 3.57. The highest BCUT2D eigenvalue weighted by atomic mass is 19.1. The summed E-state index contributed by atoms with van der Waals surface area (Å²) in [6.07, 6.45) is 3.15. The SMILES string of the molecule is CCC(C)CC1(F)CCNC(C)(C)C1. The predicted octanol–water partition coefficient (Wildman–Crippen LogP) is 3.29. The van der Waals surface area contributed by atoms with Crippen LogP contribution in [0.5, 0.6) is 0 Å². The van der Waals surface area contributed by atoms with Crippen molar-refractivity contribution in [3.63, 3.8) is 0 Å². The largest absolute Gasteiger partial charge is 0.312 e. The van der Waals surface area contributed by atoms with E-state index in [0.717, 1.165) is 19.4 Å². The summed E-state index contributed by atoms with van der Waals surface area (Å²) >= 11 is 0. The molecule has 0 saturated carbocycles. The number of hydrogen-bond donors (Lipinski definition) is 1. The number of alkyl halides is 1. The van der Waals surface area contributed by atoms with Crippen LogP contribution in [0.15, 0.2) is 0 Å². The summed E-state index contributed by atoms with van der Waals surface area (Å²) in [6, 6.07) is 0. The van der Waals surface area contributed by atoms with Crippen molar-refractivity contribution < 1.29 is 4.39 Å². The monoisotopic (exact) mass is 201 g/mol. The zero-order chi connectivity index (χ0) is 10.8. The van der Waals surface area contributed by atoms with Gasteiger partial charge in [-0.3, -0.25) is 0 Å². The Morgan fingerprint density at radius 3 is 2.57 bits per heavy atom. The summed E-state index contributed by atoms with van der Waals surface area (Å²) in [7, 11) is 0. The van der Waals surface area contributed by atoms with Crippen molar-refractivity contribution >= 4 is 0 Å². The lowest BCUT2D eigenvalue weighted by atomic mass is 9.77. The maximum absolute atomic E-state index is 14.5. The number of hydrogen-bond acceptors (Lipinski definition) is 1. The Bertz CT molecular complexity index is 191. The maximum atomic E-state index is 14.5. The summed E-state index contributed by atoms with van der Waals surface area (Å²) in [5.74, 6) is 0.508. The lowest BCUT2D eigenvalue weighted by Crippen LogP contribution is -2.52. The first-order valence-corrected chi connectivity index (χ1v) is 5.81. The molecule has 1 fully saturated rings. The van der Waals surface area contributed by atoms with Crippen LogP contribution in [0.3, 0.4) is 0 Å². The molecule has 14 heavy (non-hydrogen) atoms. The van der Waals surface area contributed by atoms with Gasteiger partial charge >= 0.3 is 0 Å². The number of rotatable bonds is 3. The minimum atomic E-state index is -0.926. The number of nitrogens with one attached hydrogen (secondary N) is 1. The second kappa shape index (κ2) is 4.18. The van der Waals surface area contributed by atoms with Gasteiger partial charge in [0.15, 0.2) is 0 Å². The Morgan fingerprint density at radius 2 is 2.07 bits per heavy atom. The molecule has 1 nitrogen and oxygen atoms in total. The normalized spacial score (nSPS) is 34.1. The van der Waals surface area contributed by atoms with Crippen LogP contribution in [0.4, 0.5) is 4.39 Å². The molecule has 1 heterocycles. The fraction of sp³-hybridized carbons (Fsp3) is 1.00. The third-order valence-corrected chi connectivity index (χ3v) is 3.35. The van der Waals surface area contributed by atoms with Gasteiger partial charge in [-0.1, -0.05) is 20.3 Å². The quantitative estimate of drug-likeness (QED) is 0.739. The highest BCUT2D eigenvalue weighted by molar-refractivity contribution is 4.96. The molecule has 0 aromatic rings. The molecule has 2 unspecified atom stereocenters. The summed E-state index contributed by atoms with van der Waals surface area (Å²) in [5.41, 5.74) is -0.954. The molecule has 1 aliphatic rings. The van der Waals surface area contributed by atoms with Crippen molar-refractivity contribution in [2.24, 2.45) is 5.92 Å². The zero-order valence-electron chi connectivity index (χ0n) is 9.99. The molecule has 0 aliphatic carbocycles. The molecule has 1 aliphatic heterocycles. The van der Waals surface area contributed by atoms with Gasteiger partial charge in [0, 0.05) is 5.54 Å². The van der Waals surface area contributed by atoms with Crippen molar-refractivity contribution in [2.75, 3.05) is 6.54 Å². The van der Waals surface area contributed by atoms with Gasteiger partial charge in [0.25, 0.3) is 0 Å². The molecule has 2 atom stereocenters. The highest BCUT2D eigenvalue weighted by Crippen LogP contribution is 2.37. The topological polar surface area (TPSA) is 12.0 Å². The second-order valence-corrected chi connectivity index (χ2v) is 5.61. The van der Waals surface area contributed by atoms with E-state index < -0.39 is 5.67 Å². The number of halogens is 1. The van der Waals surface area contributed by atoms with Crippen LogP contribution in [0, 0.1) is 5.92 Å². The predicted molar refractivity (Wildman–Crippen MR) is 59.2 cm³/mol. The first-order valence-electron chi connectivity index (χ1n) is 5.81. The molecular formula is C12H24FN. The van der Waals surface area contributed by atoms with Crippen LogP contribution in [-0.4, -0.2) is 17.8 Å². The minimum Gasteiger partial charge on any atom is -0.312 e. The van der Waals surface area contributed by atoms with E-state index in [1.165, 1.54) is 0 Å². The Labute approximate surface area is 87.5 Å². The molecule has 1 N–H and O–H groups in total. The Hall–Kier alpha value is -0.110. The van der Waals surface area contributed by atoms with Gasteiger partial charge in [-0.2, -0.15) is 0 Å². The second-order valence-electron chi connectivity index (χ2n) is 5.61. The van der Waals surface area contributed by atoms with E-state index in [4.69, 9.17) is 0 Å². The van der Waals surface area contributed by atoms with E-state index in [0.29, 0.717) is 18.8 Å².